The topological polar surface area (TPSA) is 61.8 Å². The number of carbonyl (C=O) groups is 2. The van der Waals surface area contributed by atoms with Gasteiger partial charge in [-0.1, -0.05) is 82.6 Å². The Balaban J connectivity index is 1.63. The standard InChI is InChI=1S/C28H46NO5/c1-5-6-7-8-9-10-11-12-13-14-19-29(3,4)20-24-15-17-25(18-16-24)21-32-26(30)28(2)22-33-27(31)34-23-28/h15-18H,5-14,19-23H2,1-4H3/q+1. The van der Waals surface area contributed by atoms with Crippen LogP contribution in [0, 0.1) is 5.41 Å². The number of unbranched alkanes of at least 4 members (excludes halogenated alkanes) is 9. The molecule has 1 saturated heterocycles. The molecule has 0 radical (unpaired) electrons. The number of hydrogen-bond donors (Lipinski definition) is 0. The van der Waals surface area contributed by atoms with Crippen molar-refractivity contribution < 1.29 is 28.3 Å². The summed E-state index contributed by atoms with van der Waals surface area (Å²) in [5, 5.41) is 0. The Morgan fingerprint density at radius 2 is 1.38 bits per heavy atom. The first-order chi connectivity index (χ1) is 16.2. The number of carbonyl (C=O) groups excluding carboxylic acids is 2. The second kappa shape index (κ2) is 14.3. The zero-order valence-electron chi connectivity index (χ0n) is 21.9. The average molecular weight is 477 g/mol. The van der Waals surface area contributed by atoms with Gasteiger partial charge in [0.15, 0.2) is 0 Å². The van der Waals surface area contributed by atoms with Gasteiger partial charge in [-0.2, -0.15) is 0 Å². The minimum Gasteiger partial charge on any atom is -0.460 e. The van der Waals surface area contributed by atoms with E-state index in [-0.39, 0.29) is 19.8 Å². The van der Waals surface area contributed by atoms with Gasteiger partial charge in [0.2, 0.25) is 0 Å². The largest absolute Gasteiger partial charge is 0.508 e. The van der Waals surface area contributed by atoms with Gasteiger partial charge in [-0.15, -0.1) is 0 Å². The second-order valence-electron chi connectivity index (χ2n) is 10.8. The number of nitrogens with zero attached hydrogens (tertiary/aromatic N) is 1. The Morgan fingerprint density at radius 1 is 0.882 bits per heavy atom. The maximum absolute atomic E-state index is 12.4. The Bertz CT molecular complexity index is 734. The van der Waals surface area contributed by atoms with Crippen molar-refractivity contribution in [1.82, 2.24) is 0 Å². The van der Waals surface area contributed by atoms with Crippen molar-refractivity contribution in [2.75, 3.05) is 33.9 Å². The molecule has 6 nitrogen and oxygen atoms in total. The van der Waals surface area contributed by atoms with Crippen molar-refractivity contribution in [3.05, 3.63) is 35.4 Å². The molecule has 1 fully saturated rings. The van der Waals surface area contributed by atoms with Crippen LogP contribution in [0.4, 0.5) is 4.79 Å². The van der Waals surface area contributed by atoms with E-state index in [1.54, 1.807) is 6.92 Å². The van der Waals surface area contributed by atoms with E-state index in [4.69, 9.17) is 14.2 Å². The summed E-state index contributed by atoms with van der Waals surface area (Å²) in [6, 6.07) is 8.27. The average Bonchev–Trinajstić information content (AvgIpc) is 2.81. The van der Waals surface area contributed by atoms with Crippen LogP contribution in [-0.2, 0) is 32.2 Å². The number of benzene rings is 1. The van der Waals surface area contributed by atoms with Gasteiger partial charge in [0.25, 0.3) is 0 Å². The van der Waals surface area contributed by atoms with Crippen molar-refractivity contribution in [3.63, 3.8) is 0 Å². The summed E-state index contributed by atoms with van der Waals surface area (Å²) in [7, 11) is 4.59. The van der Waals surface area contributed by atoms with E-state index in [9.17, 15) is 9.59 Å². The van der Waals surface area contributed by atoms with Crippen LogP contribution < -0.4 is 0 Å². The van der Waals surface area contributed by atoms with Gasteiger partial charge in [0.05, 0.1) is 20.6 Å². The van der Waals surface area contributed by atoms with E-state index < -0.39 is 17.5 Å². The van der Waals surface area contributed by atoms with Crippen molar-refractivity contribution in [1.29, 1.82) is 0 Å². The fourth-order valence-corrected chi connectivity index (χ4v) is 4.30. The van der Waals surface area contributed by atoms with Gasteiger partial charge in [0.1, 0.15) is 31.8 Å². The van der Waals surface area contributed by atoms with Crippen LogP contribution in [0.3, 0.4) is 0 Å². The smallest absolute Gasteiger partial charge is 0.460 e. The Labute approximate surface area is 206 Å². The van der Waals surface area contributed by atoms with E-state index >= 15 is 0 Å². The molecule has 6 heteroatoms. The molecular formula is C28H46NO5+. The highest BCUT2D eigenvalue weighted by Gasteiger charge is 2.41. The number of ether oxygens (including phenoxy) is 3. The molecule has 0 unspecified atom stereocenters. The maximum atomic E-state index is 12.4. The molecular weight excluding hydrogens is 430 g/mol. The first-order valence-electron chi connectivity index (χ1n) is 13.1. The first-order valence-corrected chi connectivity index (χ1v) is 13.1. The summed E-state index contributed by atoms with van der Waals surface area (Å²) in [6.07, 6.45) is 12.9. The van der Waals surface area contributed by atoms with E-state index in [2.05, 4.69) is 33.2 Å². The molecule has 192 valence electrons. The van der Waals surface area contributed by atoms with Gasteiger partial charge in [-0.25, -0.2) is 4.79 Å². The molecule has 0 N–H and O–H groups in total. The van der Waals surface area contributed by atoms with Crippen molar-refractivity contribution in [3.8, 4) is 0 Å². The number of cyclic esters (lactones) is 2. The van der Waals surface area contributed by atoms with Gasteiger partial charge < -0.3 is 18.7 Å². The summed E-state index contributed by atoms with van der Waals surface area (Å²) >= 11 is 0. The molecule has 1 aromatic carbocycles. The molecule has 0 aliphatic carbocycles. The van der Waals surface area contributed by atoms with Gasteiger partial charge in [0, 0.05) is 5.56 Å². The molecule has 2 rings (SSSR count). The fraction of sp³-hybridized carbons (Fsp3) is 0.714. The Hall–Kier alpha value is -2.08. The molecule has 1 aliphatic heterocycles. The molecule has 1 aliphatic rings. The molecule has 1 heterocycles. The molecule has 1 aromatic rings. The van der Waals surface area contributed by atoms with Crippen LogP contribution in [0.25, 0.3) is 0 Å². The summed E-state index contributed by atoms with van der Waals surface area (Å²) in [4.78, 5) is 23.4. The Morgan fingerprint density at radius 3 is 1.94 bits per heavy atom. The van der Waals surface area contributed by atoms with Crippen molar-refractivity contribution in [2.24, 2.45) is 5.41 Å². The lowest BCUT2D eigenvalue weighted by Gasteiger charge is -2.30. The fourth-order valence-electron chi connectivity index (χ4n) is 4.30. The number of rotatable bonds is 16. The summed E-state index contributed by atoms with van der Waals surface area (Å²) in [5.41, 5.74) is 1.27. The highest BCUT2D eigenvalue weighted by atomic mass is 16.7. The second-order valence-corrected chi connectivity index (χ2v) is 10.8. The summed E-state index contributed by atoms with van der Waals surface area (Å²) in [5.74, 6) is -0.418. The third kappa shape index (κ3) is 10.5. The molecule has 0 spiro atoms. The normalized spacial score (nSPS) is 15.5. The molecule has 0 amide bonds. The van der Waals surface area contributed by atoms with Crippen LogP contribution >= 0.6 is 0 Å². The maximum Gasteiger partial charge on any atom is 0.508 e. The highest BCUT2D eigenvalue weighted by molar-refractivity contribution is 5.78. The van der Waals surface area contributed by atoms with E-state index in [1.165, 1.54) is 76.3 Å². The summed E-state index contributed by atoms with van der Waals surface area (Å²) in [6.45, 7) is 6.27. The van der Waals surface area contributed by atoms with Crippen LogP contribution in [-0.4, -0.2) is 50.5 Å². The lowest BCUT2D eigenvalue weighted by molar-refractivity contribution is -0.903. The lowest BCUT2D eigenvalue weighted by Crippen LogP contribution is -2.44. The summed E-state index contributed by atoms with van der Waals surface area (Å²) < 4.78 is 16.1. The van der Waals surface area contributed by atoms with Crippen LogP contribution in [0.5, 0.6) is 0 Å². The van der Waals surface area contributed by atoms with Gasteiger partial charge >= 0.3 is 12.1 Å². The molecule has 0 aromatic heterocycles. The number of quaternary nitrogens is 1. The van der Waals surface area contributed by atoms with Crippen LogP contribution in [0.1, 0.15) is 89.2 Å². The third-order valence-electron chi connectivity index (χ3n) is 6.63. The molecule has 0 saturated carbocycles. The zero-order valence-corrected chi connectivity index (χ0v) is 21.9. The number of hydrogen-bond acceptors (Lipinski definition) is 5. The monoisotopic (exact) mass is 476 g/mol. The molecule has 34 heavy (non-hydrogen) atoms. The molecule has 0 atom stereocenters. The predicted octanol–water partition coefficient (Wildman–Crippen LogP) is 6.40. The minimum absolute atomic E-state index is 0.0182. The zero-order chi connectivity index (χ0) is 24.9. The molecule has 0 bridgehead atoms. The highest BCUT2D eigenvalue weighted by Crippen LogP contribution is 2.25. The Kier molecular flexibility index (Phi) is 11.9. The lowest BCUT2D eigenvalue weighted by atomic mass is 9.92. The van der Waals surface area contributed by atoms with Crippen molar-refractivity contribution in [2.45, 2.75) is 91.2 Å². The SMILES string of the molecule is CCCCCCCCCCCC[N+](C)(C)Cc1ccc(COC(=O)C2(C)COC(=O)OC2)cc1. The van der Waals surface area contributed by atoms with Gasteiger partial charge in [-0.05, 0) is 25.3 Å². The quantitative estimate of drug-likeness (QED) is 0.157. The van der Waals surface area contributed by atoms with E-state index in [0.717, 1.165) is 16.6 Å². The third-order valence-corrected chi connectivity index (χ3v) is 6.63. The minimum atomic E-state index is -0.954. The predicted molar refractivity (Wildman–Crippen MR) is 134 cm³/mol. The van der Waals surface area contributed by atoms with Crippen LogP contribution in [0.15, 0.2) is 24.3 Å². The number of esters is 1. The van der Waals surface area contributed by atoms with Gasteiger partial charge in [-0.3, -0.25) is 4.79 Å². The van der Waals surface area contributed by atoms with Crippen LogP contribution in [0.2, 0.25) is 0 Å². The van der Waals surface area contributed by atoms with Crippen molar-refractivity contribution >= 4 is 12.1 Å². The first kappa shape index (κ1) is 28.2. The van der Waals surface area contributed by atoms with E-state index in [1.807, 2.05) is 12.1 Å². The van der Waals surface area contributed by atoms with E-state index in [0.29, 0.717) is 0 Å².